The van der Waals surface area contributed by atoms with Crippen molar-refractivity contribution < 1.29 is 16.8 Å². The van der Waals surface area contributed by atoms with Gasteiger partial charge in [0, 0.05) is 23.8 Å². The topological polar surface area (TPSA) is 83.6 Å². The number of nitrogens with one attached hydrogen (secondary N) is 1. The molecule has 0 saturated carbocycles. The van der Waals surface area contributed by atoms with Crippen LogP contribution < -0.4 is 5.32 Å². The number of hydrogen-bond donors (Lipinski definition) is 1. The highest BCUT2D eigenvalue weighted by molar-refractivity contribution is 8.01. The Morgan fingerprint density at radius 2 is 1.85 bits per heavy atom. The summed E-state index contributed by atoms with van der Waals surface area (Å²) in [5, 5.41) is 1.81. The summed E-state index contributed by atoms with van der Waals surface area (Å²) >= 11 is 1.51. The molecule has 2 aliphatic heterocycles. The van der Waals surface area contributed by atoms with Crippen LogP contribution in [-0.4, -0.2) is 68.7 Å². The van der Waals surface area contributed by atoms with Crippen molar-refractivity contribution in [2.24, 2.45) is 0 Å². The summed E-state index contributed by atoms with van der Waals surface area (Å²) in [6.07, 6.45) is 1.12. The molecule has 0 amide bonds. The molecular formula is C11H22N2O4S3. The third-order valence-corrected chi connectivity index (χ3v) is 9.72. The molecule has 2 heterocycles. The number of hydrogen-bond acceptors (Lipinski definition) is 6. The molecule has 1 N–H and O–H groups in total. The minimum Gasteiger partial charge on any atom is -0.317 e. The molecule has 118 valence electrons. The van der Waals surface area contributed by atoms with Crippen LogP contribution in [0, 0.1) is 0 Å². The third kappa shape index (κ3) is 3.32. The van der Waals surface area contributed by atoms with Gasteiger partial charge in [-0.15, -0.1) is 0 Å². The van der Waals surface area contributed by atoms with Gasteiger partial charge in [0.15, 0.2) is 9.84 Å². The summed E-state index contributed by atoms with van der Waals surface area (Å²) in [7, 11) is -6.91. The Hall–Kier alpha value is 0.170. The second-order valence-electron chi connectivity index (χ2n) is 5.09. The summed E-state index contributed by atoms with van der Waals surface area (Å²) in [5.41, 5.74) is 0. The van der Waals surface area contributed by atoms with Crippen molar-refractivity contribution in [2.45, 2.75) is 30.4 Å². The summed E-state index contributed by atoms with van der Waals surface area (Å²) in [6, 6.07) is 0. The fourth-order valence-electron chi connectivity index (χ4n) is 2.62. The summed E-state index contributed by atoms with van der Waals surface area (Å²) < 4.78 is 51.1. The molecular weight excluding hydrogens is 320 g/mol. The highest BCUT2D eigenvalue weighted by atomic mass is 32.2. The van der Waals surface area contributed by atoms with Gasteiger partial charge in [0.1, 0.15) is 5.37 Å². The molecule has 0 aromatic heterocycles. The van der Waals surface area contributed by atoms with E-state index in [1.165, 1.54) is 16.1 Å². The van der Waals surface area contributed by atoms with Gasteiger partial charge in [0.25, 0.3) is 0 Å². The first kappa shape index (κ1) is 16.5. The van der Waals surface area contributed by atoms with Crippen LogP contribution in [0.1, 0.15) is 19.8 Å². The SMILES string of the molecule is CCS(=O)(=O)C1CSCCN1S(=O)(=O)C1CCNCC1. The van der Waals surface area contributed by atoms with E-state index < -0.39 is 30.5 Å². The predicted molar refractivity (Wildman–Crippen MR) is 82.1 cm³/mol. The van der Waals surface area contributed by atoms with Crippen LogP contribution in [0.25, 0.3) is 0 Å². The molecule has 0 radical (unpaired) electrons. The van der Waals surface area contributed by atoms with Gasteiger partial charge in [0.05, 0.1) is 5.25 Å². The molecule has 6 nitrogen and oxygen atoms in total. The summed E-state index contributed by atoms with van der Waals surface area (Å²) in [6.45, 7) is 3.24. The smallest absolute Gasteiger partial charge is 0.218 e. The number of nitrogens with zero attached hydrogens (tertiary/aromatic N) is 1. The average molecular weight is 343 g/mol. The normalized spacial score (nSPS) is 27.6. The number of sulfonamides is 1. The fraction of sp³-hybridized carbons (Fsp3) is 1.00. The van der Waals surface area contributed by atoms with E-state index in [4.69, 9.17) is 0 Å². The average Bonchev–Trinajstić information content (AvgIpc) is 2.48. The highest BCUT2D eigenvalue weighted by Gasteiger charge is 2.43. The Morgan fingerprint density at radius 1 is 1.20 bits per heavy atom. The number of sulfone groups is 1. The number of piperidine rings is 1. The lowest BCUT2D eigenvalue weighted by Crippen LogP contribution is -2.54. The van der Waals surface area contributed by atoms with Crippen molar-refractivity contribution in [1.82, 2.24) is 9.62 Å². The van der Waals surface area contributed by atoms with Gasteiger partial charge >= 0.3 is 0 Å². The van der Waals surface area contributed by atoms with E-state index in [2.05, 4.69) is 5.32 Å². The van der Waals surface area contributed by atoms with E-state index in [1.54, 1.807) is 6.92 Å². The standard InChI is InChI=1S/C11H22N2O4S3/c1-2-19(14,15)11-9-18-8-7-13(11)20(16,17)10-3-5-12-6-4-10/h10-12H,2-9H2,1H3. The first-order chi connectivity index (χ1) is 9.39. The molecule has 20 heavy (non-hydrogen) atoms. The van der Waals surface area contributed by atoms with Gasteiger partial charge in [-0.2, -0.15) is 16.1 Å². The van der Waals surface area contributed by atoms with E-state index in [0.717, 1.165) is 0 Å². The van der Waals surface area contributed by atoms with Crippen LogP contribution in [0.5, 0.6) is 0 Å². The van der Waals surface area contributed by atoms with E-state index >= 15 is 0 Å². The molecule has 0 bridgehead atoms. The largest absolute Gasteiger partial charge is 0.317 e. The molecule has 2 saturated heterocycles. The predicted octanol–water partition coefficient (Wildman–Crippen LogP) is -0.122. The Labute approximate surface area is 125 Å². The Morgan fingerprint density at radius 3 is 2.45 bits per heavy atom. The van der Waals surface area contributed by atoms with Crippen LogP contribution in [0.2, 0.25) is 0 Å². The van der Waals surface area contributed by atoms with Gasteiger partial charge in [-0.25, -0.2) is 16.8 Å². The molecule has 0 aromatic rings. The highest BCUT2D eigenvalue weighted by Crippen LogP contribution is 2.28. The first-order valence-corrected chi connectivity index (χ1v) is 11.3. The second-order valence-corrected chi connectivity index (χ2v) is 10.8. The van der Waals surface area contributed by atoms with E-state index in [0.29, 0.717) is 44.0 Å². The van der Waals surface area contributed by atoms with Crippen molar-refractivity contribution >= 4 is 31.6 Å². The molecule has 2 rings (SSSR count). The van der Waals surface area contributed by atoms with Crippen LogP contribution >= 0.6 is 11.8 Å². The van der Waals surface area contributed by atoms with E-state index in [1.807, 2.05) is 0 Å². The minimum atomic E-state index is -3.53. The van der Waals surface area contributed by atoms with Gasteiger partial charge in [-0.05, 0) is 25.9 Å². The fourth-order valence-corrected chi connectivity index (χ4v) is 8.38. The summed E-state index contributed by atoms with van der Waals surface area (Å²) in [5.74, 6) is 0.997. The molecule has 2 aliphatic rings. The van der Waals surface area contributed by atoms with Crippen molar-refractivity contribution in [2.75, 3.05) is 36.9 Å². The minimum absolute atomic E-state index is 0.0174. The van der Waals surface area contributed by atoms with Crippen molar-refractivity contribution in [1.29, 1.82) is 0 Å². The molecule has 0 aromatic carbocycles. The van der Waals surface area contributed by atoms with Crippen molar-refractivity contribution in [3.8, 4) is 0 Å². The van der Waals surface area contributed by atoms with Crippen LogP contribution in [0.4, 0.5) is 0 Å². The number of thioether (sulfide) groups is 1. The van der Waals surface area contributed by atoms with E-state index in [9.17, 15) is 16.8 Å². The zero-order valence-corrected chi connectivity index (χ0v) is 14.1. The zero-order valence-electron chi connectivity index (χ0n) is 11.6. The van der Waals surface area contributed by atoms with Crippen molar-refractivity contribution in [3.05, 3.63) is 0 Å². The van der Waals surface area contributed by atoms with Crippen LogP contribution in [-0.2, 0) is 19.9 Å². The Bertz CT molecular complexity index is 526. The lowest BCUT2D eigenvalue weighted by molar-refractivity contribution is 0.384. The Kier molecular flexibility index (Phi) is 5.39. The van der Waals surface area contributed by atoms with Gasteiger partial charge in [-0.3, -0.25) is 0 Å². The van der Waals surface area contributed by atoms with Crippen LogP contribution in [0.15, 0.2) is 0 Å². The van der Waals surface area contributed by atoms with E-state index in [-0.39, 0.29) is 5.75 Å². The van der Waals surface area contributed by atoms with Gasteiger partial charge in [-0.1, -0.05) is 6.92 Å². The Balaban J connectivity index is 2.27. The maximum Gasteiger partial charge on any atom is 0.218 e. The molecule has 1 unspecified atom stereocenters. The molecule has 9 heteroatoms. The second kappa shape index (κ2) is 6.51. The quantitative estimate of drug-likeness (QED) is 0.767. The maximum atomic E-state index is 12.7. The maximum absolute atomic E-state index is 12.7. The lowest BCUT2D eigenvalue weighted by atomic mass is 10.2. The number of rotatable bonds is 4. The molecule has 2 fully saturated rings. The molecule has 1 atom stereocenters. The first-order valence-electron chi connectivity index (χ1n) is 6.90. The molecule has 0 spiro atoms. The summed E-state index contributed by atoms with van der Waals surface area (Å²) in [4.78, 5) is 0. The van der Waals surface area contributed by atoms with Gasteiger partial charge < -0.3 is 5.32 Å². The lowest BCUT2D eigenvalue weighted by Gasteiger charge is -2.37. The monoisotopic (exact) mass is 342 g/mol. The van der Waals surface area contributed by atoms with Crippen LogP contribution in [0.3, 0.4) is 0 Å². The molecule has 0 aliphatic carbocycles. The third-order valence-electron chi connectivity index (χ3n) is 3.89. The van der Waals surface area contributed by atoms with Gasteiger partial charge in [0.2, 0.25) is 10.0 Å². The zero-order chi connectivity index (χ0) is 14.8. The van der Waals surface area contributed by atoms with Crippen molar-refractivity contribution in [3.63, 3.8) is 0 Å².